The third-order valence-corrected chi connectivity index (χ3v) is 5.34. The second kappa shape index (κ2) is 8.23. The third kappa shape index (κ3) is 4.35. The molecule has 6 nitrogen and oxygen atoms in total. The summed E-state index contributed by atoms with van der Waals surface area (Å²) in [6.45, 7) is 5.26. The normalized spacial score (nSPS) is 10.9. The zero-order valence-electron chi connectivity index (χ0n) is 15.3. The fraction of sp³-hybridized carbons (Fsp3) is 0.316. The van der Waals surface area contributed by atoms with E-state index in [0.717, 1.165) is 28.7 Å². The van der Waals surface area contributed by atoms with Gasteiger partial charge >= 0.3 is 0 Å². The van der Waals surface area contributed by atoms with E-state index >= 15 is 0 Å². The highest BCUT2D eigenvalue weighted by Gasteiger charge is 2.13. The van der Waals surface area contributed by atoms with Gasteiger partial charge in [0.2, 0.25) is 5.91 Å². The van der Waals surface area contributed by atoms with Gasteiger partial charge in [0.25, 0.3) is 0 Å². The summed E-state index contributed by atoms with van der Waals surface area (Å²) in [6, 6.07) is 10.2. The molecule has 0 unspecified atom stereocenters. The highest BCUT2D eigenvalue weighted by molar-refractivity contribution is 7.99. The largest absolute Gasteiger partial charge is 0.351 e. The highest BCUT2D eigenvalue weighted by atomic mass is 32.2. The number of nitrogens with one attached hydrogen (secondary N) is 1. The van der Waals surface area contributed by atoms with Crippen molar-refractivity contribution in [2.45, 2.75) is 32.1 Å². The average Bonchev–Trinajstić information content (AvgIpc) is 3.15. The number of aryl methyl sites for hydroxylation is 2. The molecule has 0 fully saturated rings. The van der Waals surface area contributed by atoms with E-state index < -0.39 is 0 Å². The minimum Gasteiger partial charge on any atom is -0.351 e. The number of nitrogens with zero attached hydrogens (tertiary/aromatic N) is 4. The van der Waals surface area contributed by atoms with Gasteiger partial charge in [0.15, 0.2) is 5.16 Å². The molecular formula is C19H23N5OS. The van der Waals surface area contributed by atoms with Crippen molar-refractivity contribution in [2.75, 3.05) is 5.75 Å². The molecule has 1 N–H and O–H groups in total. The molecule has 0 spiro atoms. The third-order valence-electron chi connectivity index (χ3n) is 4.28. The number of thioether (sulfide) groups is 1. The zero-order valence-corrected chi connectivity index (χ0v) is 16.1. The Balaban J connectivity index is 1.57. The number of imidazole rings is 1. The van der Waals surface area contributed by atoms with Gasteiger partial charge in [0.1, 0.15) is 0 Å². The molecule has 0 aliphatic rings. The summed E-state index contributed by atoms with van der Waals surface area (Å²) in [4.78, 5) is 16.4. The van der Waals surface area contributed by atoms with Gasteiger partial charge in [0.05, 0.1) is 18.0 Å². The number of carbonyl (C=O) groups excluding carboxylic acids is 1. The van der Waals surface area contributed by atoms with Gasteiger partial charge < -0.3 is 9.88 Å². The summed E-state index contributed by atoms with van der Waals surface area (Å²) < 4.78 is 3.90. The van der Waals surface area contributed by atoms with Crippen LogP contribution in [0.4, 0.5) is 0 Å². The average molecular weight is 369 g/mol. The highest BCUT2D eigenvalue weighted by Crippen LogP contribution is 2.16. The number of amides is 1. The van der Waals surface area contributed by atoms with Crippen LogP contribution in [-0.2, 0) is 24.9 Å². The van der Waals surface area contributed by atoms with E-state index in [0.29, 0.717) is 12.3 Å². The molecule has 0 aliphatic heterocycles. The molecule has 0 bridgehead atoms. The maximum atomic E-state index is 12.1. The summed E-state index contributed by atoms with van der Waals surface area (Å²) in [5.41, 5.74) is 4.33. The van der Waals surface area contributed by atoms with Crippen LogP contribution in [0.2, 0.25) is 0 Å². The summed E-state index contributed by atoms with van der Waals surface area (Å²) in [7, 11) is 1.92. The van der Waals surface area contributed by atoms with Crippen LogP contribution in [-0.4, -0.2) is 31.0 Å². The Bertz CT molecular complexity index is 885. The molecule has 0 atom stereocenters. The molecule has 3 rings (SSSR count). The number of benzene rings is 1. The Morgan fingerprint density at radius 2 is 2.00 bits per heavy atom. The molecule has 2 aromatic heterocycles. The first-order chi connectivity index (χ1) is 12.5. The van der Waals surface area contributed by atoms with Crippen LogP contribution >= 0.6 is 11.8 Å². The summed E-state index contributed by atoms with van der Waals surface area (Å²) in [6.07, 6.45) is 3.60. The van der Waals surface area contributed by atoms with Gasteiger partial charge in [-0.25, -0.2) is 4.98 Å². The predicted molar refractivity (Wildman–Crippen MR) is 103 cm³/mol. The van der Waals surface area contributed by atoms with Crippen molar-refractivity contribution in [3.05, 3.63) is 65.2 Å². The zero-order chi connectivity index (χ0) is 18.5. The predicted octanol–water partition coefficient (Wildman–Crippen LogP) is 2.69. The first-order valence-corrected chi connectivity index (χ1v) is 9.47. The van der Waals surface area contributed by atoms with E-state index in [1.165, 1.54) is 17.3 Å². The molecule has 3 aromatic rings. The first kappa shape index (κ1) is 18.3. The summed E-state index contributed by atoms with van der Waals surface area (Å²) in [5.74, 6) is 0.341. The fourth-order valence-corrected chi connectivity index (χ4v) is 3.52. The summed E-state index contributed by atoms with van der Waals surface area (Å²) >= 11 is 1.43. The van der Waals surface area contributed by atoms with Crippen LogP contribution in [0.3, 0.4) is 0 Å². The smallest absolute Gasteiger partial charge is 0.230 e. The lowest BCUT2D eigenvalue weighted by atomic mass is 10.2. The Hall–Kier alpha value is -2.54. The van der Waals surface area contributed by atoms with Crippen molar-refractivity contribution >= 4 is 17.7 Å². The molecular weight excluding hydrogens is 346 g/mol. The van der Waals surface area contributed by atoms with E-state index in [9.17, 15) is 4.79 Å². The Kier molecular flexibility index (Phi) is 5.78. The van der Waals surface area contributed by atoms with Crippen LogP contribution in [0.15, 0.2) is 47.9 Å². The minimum absolute atomic E-state index is 0.00684. The molecule has 0 saturated heterocycles. The molecule has 0 aliphatic carbocycles. The topological polar surface area (TPSA) is 64.7 Å². The molecule has 26 heavy (non-hydrogen) atoms. The monoisotopic (exact) mass is 369 g/mol. The van der Waals surface area contributed by atoms with Crippen molar-refractivity contribution < 1.29 is 4.79 Å². The van der Waals surface area contributed by atoms with Gasteiger partial charge in [-0.15, -0.1) is 0 Å². The Morgan fingerprint density at radius 1 is 1.23 bits per heavy atom. The van der Waals surface area contributed by atoms with Crippen molar-refractivity contribution in [3.63, 3.8) is 0 Å². The quantitative estimate of drug-likeness (QED) is 0.651. The lowest BCUT2D eigenvalue weighted by Gasteiger charge is -2.07. The molecule has 2 heterocycles. The fourth-order valence-electron chi connectivity index (χ4n) is 2.76. The van der Waals surface area contributed by atoms with Crippen LogP contribution in [0.25, 0.3) is 0 Å². The lowest BCUT2D eigenvalue weighted by Crippen LogP contribution is -2.25. The van der Waals surface area contributed by atoms with Gasteiger partial charge in [-0.2, -0.15) is 5.10 Å². The van der Waals surface area contributed by atoms with E-state index in [-0.39, 0.29) is 5.91 Å². The standard InChI is InChI=1S/C19H23N5OS/c1-14-17(11-21-18(25)13-26-19-20-9-10-23(19)3)15(2)24(22-14)12-16-7-5-4-6-8-16/h4-10H,11-13H2,1-3H3,(H,21,25). The molecule has 7 heteroatoms. The second-order valence-electron chi connectivity index (χ2n) is 6.18. The SMILES string of the molecule is Cc1nn(Cc2ccccc2)c(C)c1CNC(=O)CSc1nccn1C. The number of carbonyl (C=O) groups is 1. The molecule has 1 aromatic carbocycles. The number of hydrogen-bond donors (Lipinski definition) is 1. The van der Waals surface area contributed by atoms with Crippen molar-refractivity contribution in [2.24, 2.45) is 7.05 Å². The van der Waals surface area contributed by atoms with E-state index in [4.69, 9.17) is 0 Å². The van der Waals surface area contributed by atoms with Gasteiger partial charge in [-0.05, 0) is 19.4 Å². The number of aromatic nitrogens is 4. The van der Waals surface area contributed by atoms with Crippen LogP contribution in [0.1, 0.15) is 22.5 Å². The van der Waals surface area contributed by atoms with E-state index in [1.54, 1.807) is 6.20 Å². The molecule has 136 valence electrons. The minimum atomic E-state index is -0.00684. The Morgan fingerprint density at radius 3 is 2.69 bits per heavy atom. The molecule has 0 saturated carbocycles. The maximum absolute atomic E-state index is 12.1. The van der Waals surface area contributed by atoms with Crippen LogP contribution in [0.5, 0.6) is 0 Å². The molecule has 1 amide bonds. The van der Waals surface area contributed by atoms with Crippen LogP contribution < -0.4 is 5.32 Å². The van der Waals surface area contributed by atoms with Gasteiger partial charge in [-0.3, -0.25) is 9.48 Å². The van der Waals surface area contributed by atoms with Crippen molar-refractivity contribution in [3.8, 4) is 0 Å². The van der Waals surface area contributed by atoms with Crippen LogP contribution in [0, 0.1) is 13.8 Å². The molecule has 0 radical (unpaired) electrons. The maximum Gasteiger partial charge on any atom is 0.230 e. The van der Waals surface area contributed by atoms with Gasteiger partial charge in [-0.1, -0.05) is 42.1 Å². The van der Waals surface area contributed by atoms with Gasteiger partial charge in [0, 0.05) is 37.2 Å². The Labute approximate surface area is 157 Å². The van der Waals surface area contributed by atoms with Crippen molar-refractivity contribution in [1.82, 2.24) is 24.6 Å². The first-order valence-electron chi connectivity index (χ1n) is 8.48. The number of rotatable bonds is 7. The van der Waals surface area contributed by atoms with E-state index in [1.807, 2.05) is 54.5 Å². The summed E-state index contributed by atoms with van der Waals surface area (Å²) in [5, 5.41) is 8.45. The lowest BCUT2D eigenvalue weighted by molar-refractivity contribution is -0.118. The second-order valence-corrected chi connectivity index (χ2v) is 7.12. The van der Waals surface area contributed by atoms with Crippen molar-refractivity contribution in [1.29, 1.82) is 0 Å². The number of hydrogen-bond acceptors (Lipinski definition) is 4. The van der Waals surface area contributed by atoms with E-state index in [2.05, 4.69) is 27.5 Å².